The molecule has 0 spiro atoms. The summed E-state index contributed by atoms with van der Waals surface area (Å²) in [6.07, 6.45) is 0. The van der Waals surface area contributed by atoms with Gasteiger partial charge in [-0.3, -0.25) is 9.59 Å². The largest absolute Gasteiger partial charge is 0.355 e. The maximum Gasteiger partial charge on any atom is 0.255 e. The average molecular weight is 324 g/mol. The summed E-state index contributed by atoms with van der Waals surface area (Å²) in [6.45, 7) is 0. The van der Waals surface area contributed by atoms with Gasteiger partial charge in [0, 0.05) is 23.9 Å². The molecule has 0 unspecified atom stereocenters. The Hall–Kier alpha value is -2.11. The van der Waals surface area contributed by atoms with Crippen LogP contribution >= 0.6 is 23.2 Å². The van der Waals surface area contributed by atoms with Crippen molar-refractivity contribution in [2.75, 3.05) is 12.4 Å². The molecule has 2 N–H and O–H groups in total. The van der Waals surface area contributed by atoms with E-state index in [1.165, 1.54) is 12.1 Å². The fourth-order valence-electron chi connectivity index (χ4n) is 1.65. The quantitative estimate of drug-likeness (QED) is 0.853. The molecule has 1 aromatic heterocycles. The van der Waals surface area contributed by atoms with Gasteiger partial charge < -0.3 is 10.6 Å². The molecule has 2 aromatic rings. The summed E-state index contributed by atoms with van der Waals surface area (Å²) >= 11 is 11.5. The van der Waals surface area contributed by atoms with E-state index >= 15 is 0 Å². The highest BCUT2D eigenvalue weighted by Crippen LogP contribution is 2.17. The van der Waals surface area contributed by atoms with Gasteiger partial charge in [-0.05, 0) is 36.4 Å². The molecule has 1 aromatic carbocycles. The first-order valence-electron chi connectivity index (χ1n) is 5.96. The second-order valence-electron chi connectivity index (χ2n) is 4.11. The molecular weight excluding hydrogens is 313 g/mol. The smallest absolute Gasteiger partial charge is 0.255 e. The first-order valence-corrected chi connectivity index (χ1v) is 6.72. The van der Waals surface area contributed by atoms with Crippen molar-refractivity contribution in [1.29, 1.82) is 0 Å². The maximum atomic E-state index is 12.1. The van der Waals surface area contributed by atoms with Crippen molar-refractivity contribution in [3.8, 4) is 0 Å². The SMILES string of the molecule is CNC(=O)c1ccc(NC(=O)c2cc(Cl)nc(Cl)c2)cc1. The predicted octanol–water partition coefficient (Wildman–Crippen LogP) is 3.00. The van der Waals surface area contributed by atoms with Gasteiger partial charge >= 0.3 is 0 Å². The van der Waals surface area contributed by atoms with E-state index in [2.05, 4.69) is 15.6 Å². The topological polar surface area (TPSA) is 71.1 Å². The molecule has 108 valence electrons. The third-order valence-corrected chi connectivity index (χ3v) is 3.04. The van der Waals surface area contributed by atoms with E-state index in [1.54, 1.807) is 31.3 Å². The molecule has 0 radical (unpaired) electrons. The van der Waals surface area contributed by atoms with Crippen LogP contribution in [0.2, 0.25) is 10.3 Å². The van der Waals surface area contributed by atoms with Crippen molar-refractivity contribution in [3.63, 3.8) is 0 Å². The first-order chi connectivity index (χ1) is 9.99. The van der Waals surface area contributed by atoms with E-state index in [9.17, 15) is 9.59 Å². The average Bonchev–Trinajstić information content (AvgIpc) is 2.46. The zero-order valence-electron chi connectivity index (χ0n) is 11.0. The van der Waals surface area contributed by atoms with Gasteiger partial charge in [0.1, 0.15) is 10.3 Å². The molecule has 7 heteroatoms. The highest BCUT2D eigenvalue weighted by molar-refractivity contribution is 6.33. The van der Waals surface area contributed by atoms with E-state index in [0.717, 1.165) is 0 Å². The fourth-order valence-corrected chi connectivity index (χ4v) is 2.11. The summed E-state index contributed by atoms with van der Waals surface area (Å²) in [6, 6.07) is 9.32. The summed E-state index contributed by atoms with van der Waals surface area (Å²) in [5, 5.41) is 5.48. The van der Waals surface area contributed by atoms with Crippen LogP contribution in [0.3, 0.4) is 0 Å². The second-order valence-corrected chi connectivity index (χ2v) is 4.89. The lowest BCUT2D eigenvalue weighted by atomic mass is 10.2. The van der Waals surface area contributed by atoms with E-state index in [4.69, 9.17) is 23.2 Å². The number of nitrogens with one attached hydrogen (secondary N) is 2. The van der Waals surface area contributed by atoms with Crippen molar-refractivity contribution in [3.05, 3.63) is 57.8 Å². The van der Waals surface area contributed by atoms with Gasteiger partial charge in [0.15, 0.2) is 0 Å². The van der Waals surface area contributed by atoms with Gasteiger partial charge in [-0.25, -0.2) is 4.98 Å². The number of carbonyl (C=O) groups excluding carboxylic acids is 2. The molecule has 0 bridgehead atoms. The second kappa shape index (κ2) is 6.56. The Morgan fingerprint density at radius 1 is 0.952 bits per heavy atom. The van der Waals surface area contributed by atoms with Crippen molar-refractivity contribution < 1.29 is 9.59 Å². The van der Waals surface area contributed by atoms with E-state index < -0.39 is 0 Å². The van der Waals surface area contributed by atoms with Gasteiger partial charge in [-0.1, -0.05) is 23.2 Å². The standard InChI is InChI=1S/C14H11Cl2N3O2/c1-17-13(20)8-2-4-10(5-3-8)18-14(21)9-6-11(15)19-12(16)7-9/h2-7H,1H3,(H,17,20)(H,18,21). The molecule has 0 aliphatic heterocycles. The van der Waals surface area contributed by atoms with Crippen LogP contribution in [0.5, 0.6) is 0 Å². The third-order valence-electron chi connectivity index (χ3n) is 2.66. The summed E-state index contributed by atoms with van der Waals surface area (Å²) in [4.78, 5) is 27.2. The van der Waals surface area contributed by atoms with Crippen LogP contribution in [-0.4, -0.2) is 23.8 Å². The fraction of sp³-hybridized carbons (Fsp3) is 0.0714. The third kappa shape index (κ3) is 3.93. The lowest BCUT2D eigenvalue weighted by Crippen LogP contribution is -2.18. The number of hydrogen-bond donors (Lipinski definition) is 2. The van der Waals surface area contributed by atoms with Crippen LogP contribution < -0.4 is 10.6 Å². The molecule has 0 saturated heterocycles. The molecule has 2 rings (SSSR count). The molecule has 21 heavy (non-hydrogen) atoms. The number of carbonyl (C=O) groups is 2. The number of hydrogen-bond acceptors (Lipinski definition) is 3. The Morgan fingerprint density at radius 2 is 1.52 bits per heavy atom. The minimum Gasteiger partial charge on any atom is -0.355 e. The Bertz CT molecular complexity index is 667. The lowest BCUT2D eigenvalue weighted by Gasteiger charge is -2.07. The number of anilines is 1. The monoisotopic (exact) mass is 323 g/mol. The molecular formula is C14H11Cl2N3O2. The summed E-state index contributed by atoms with van der Waals surface area (Å²) < 4.78 is 0. The van der Waals surface area contributed by atoms with Crippen LogP contribution in [-0.2, 0) is 0 Å². The zero-order chi connectivity index (χ0) is 15.4. The van der Waals surface area contributed by atoms with E-state index in [-0.39, 0.29) is 22.1 Å². The van der Waals surface area contributed by atoms with Gasteiger partial charge in [-0.2, -0.15) is 0 Å². The molecule has 0 fully saturated rings. The molecule has 2 amide bonds. The summed E-state index contributed by atoms with van der Waals surface area (Å²) in [7, 11) is 1.55. The molecule has 0 aliphatic carbocycles. The molecule has 0 atom stereocenters. The lowest BCUT2D eigenvalue weighted by molar-refractivity contribution is 0.0962. The number of amides is 2. The van der Waals surface area contributed by atoms with Crippen LogP contribution in [0.4, 0.5) is 5.69 Å². The Labute approximate surface area is 131 Å². The number of aromatic nitrogens is 1. The van der Waals surface area contributed by atoms with Crippen LogP contribution in [0.25, 0.3) is 0 Å². The van der Waals surface area contributed by atoms with Gasteiger partial charge in [-0.15, -0.1) is 0 Å². The molecule has 0 aliphatic rings. The minimum atomic E-state index is -0.367. The van der Waals surface area contributed by atoms with Gasteiger partial charge in [0.2, 0.25) is 0 Å². The highest BCUT2D eigenvalue weighted by Gasteiger charge is 2.10. The van der Waals surface area contributed by atoms with Crippen LogP contribution in [0.15, 0.2) is 36.4 Å². The highest BCUT2D eigenvalue weighted by atomic mass is 35.5. The van der Waals surface area contributed by atoms with Crippen LogP contribution in [0.1, 0.15) is 20.7 Å². The van der Waals surface area contributed by atoms with Crippen molar-refractivity contribution in [2.45, 2.75) is 0 Å². The maximum absolute atomic E-state index is 12.1. The van der Waals surface area contributed by atoms with Crippen molar-refractivity contribution in [1.82, 2.24) is 10.3 Å². The van der Waals surface area contributed by atoms with Gasteiger partial charge in [0.05, 0.1) is 0 Å². The van der Waals surface area contributed by atoms with Crippen molar-refractivity contribution in [2.24, 2.45) is 0 Å². The Morgan fingerprint density at radius 3 is 2.05 bits per heavy atom. The Balaban J connectivity index is 2.14. The zero-order valence-corrected chi connectivity index (χ0v) is 12.5. The molecule has 1 heterocycles. The van der Waals surface area contributed by atoms with E-state index in [1.807, 2.05) is 0 Å². The van der Waals surface area contributed by atoms with E-state index in [0.29, 0.717) is 16.8 Å². The van der Waals surface area contributed by atoms with Crippen molar-refractivity contribution >= 4 is 40.7 Å². The predicted molar refractivity (Wildman–Crippen MR) is 82.0 cm³/mol. The van der Waals surface area contributed by atoms with Gasteiger partial charge in [0.25, 0.3) is 11.8 Å². The molecule has 5 nitrogen and oxygen atoms in total. The molecule has 0 saturated carbocycles. The number of halogens is 2. The number of nitrogens with zero attached hydrogens (tertiary/aromatic N) is 1. The Kier molecular flexibility index (Phi) is 4.77. The number of rotatable bonds is 3. The number of pyridine rings is 1. The summed E-state index contributed by atoms with van der Waals surface area (Å²) in [5.41, 5.74) is 1.36. The first kappa shape index (κ1) is 15.3. The number of benzene rings is 1. The van der Waals surface area contributed by atoms with Crippen LogP contribution in [0, 0.1) is 0 Å². The summed E-state index contributed by atoms with van der Waals surface area (Å²) in [5.74, 6) is -0.561. The minimum absolute atomic E-state index is 0.141. The normalized spacial score (nSPS) is 10.0.